The van der Waals surface area contributed by atoms with E-state index in [9.17, 15) is 13.2 Å². The molecule has 2 aromatic carbocycles. The van der Waals surface area contributed by atoms with Crippen molar-refractivity contribution in [3.63, 3.8) is 0 Å². The number of hydrogen-bond acceptors (Lipinski definition) is 4. The highest BCUT2D eigenvalue weighted by Crippen LogP contribution is 2.36. The molecule has 5 nitrogen and oxygen atoms in total. The van der Waals surface area contributed by atoms with Crippen LogP contribution in [0.1, 0.15) is 42.6 Å². The second kappa shape index (κ2) is 11.4. The Hall–Kier alpha value is -1.54. The lowest BCUT2D eigenvalue weighted by Crippen LogP contribution is -2.47. The van der Waals surface area contributed by atoms with Gasteiger partial charge in [0.05, 0.1) is 16.8 Å². The molecule has 0 bridgehead atoms. The Morgan fingerprint density at radius 2 is 1.71 bits per heavy atom. The maximum Gasteiger partial charge on any atom is 0.230 e. The number of hydrogen-bond donors (Lipinski definition) is 1. The van der Waals surface area contributed by atoms with E-state index in [0.29, 0.717) is 43.1 Å². The van der Waals surface area contributed by atoms with Crippen molar-refractivity contribution in [3.8, 4) is 0 Å². The zero-order chi connectivity index (χ0) is 22.3. The van der Waals surface area contributed by atoms with Crippen molar-refractivity contribution in [1.29, 1.82) is 0 Å². The van der Waals surface area contributed by atoms with Crippen LogP contribution >= 0.6 is 23.4 Å². The van der Waals surface area contributed by atoms with Gasteiger partial charge in [-0.05, 0) is 42.5 Å². The summed E-state index contributed by atoms with van der Waals surface area (Å²) >= 11 is 7.62. The summed E-state index contributed by atoms with van der Waals surface area (Å²) in [5.74, 6) is 0.498. The van der Waals surface area contributed by atoms with Gasteiger partial charge in [-0.2, -0.15) is 0 Å². The molecule has 1 amide bonds. The molecule has 0 radical (unpaired) electrons. The predicted octanol–water partition coefficient (Wildman–Crippen LogP) is 4.48. The highest BCUT2D eigenvalue weighted by atomic mass is 35.5. The molecule has 1 unspecified atom stereocenters. The van der Waals surface area contributed by atoms with Crippen molar-refractivity contribution in [2.75, 3.05) is 24.6 Å². The van der Waals surface area contributed by atoms with E-state index in [4.69, 9.17) is 11.6 Å². The van der Waals surface area contributed by atoms with Gasteiger partial charge in [0.15, 0.2) is 0 Å². The summed E-state index contributed by atoms with van der Waals surface area (Å²) in [4.78, 5) is 12.6. The molecule has 8 heteroatoms. The topological polar surface area (TPSA) is 66.5 Å². The highest BCUT2D eigenvalue weighted by Gasteiger charge is 2.28. The summed E-state index contributed by atoms with van der Waals surface area (Å²) in [5.41, 5.74) is 2.24. The number of nitrogens with one attached hydrogen (secondary N) is 1. The van der Waals surface area contributed by atoms with Crippen LogP contribution in [0.3, 0.4) is 0 Å². The summed E-state index contributed by atoms with van der Waals surface area (Å²) in [6.45, 7) is 2.81. The first kappa shape index (κ1) is 24.1. The molecule has 1 fully saturated rings. The third-order valence-corrected chi connectivity index (χ3v) is 8.97. The zero-order valence-corrected chi connectivity index (χ0v) is 20.1. The molecule has 2 aromatic rings. The van der Waals surface area contributed by atoms with Gasteiger partial charge in [0.25, 0.3) is 0 Å². The lowest BCUT2D eigenvalue weighted by Gasteiger charge is -2.31. The summed E-state index contributed by atoms with van der Waals surface area (Å²) in [6, 6.07) is 17.9. The Labute approximate surface area is 194 Å². The number of carbonyl (C=O) groups is 1. The molecule has 0 aromatic heterocycles. The Balaban J connectivity index is 1.55. The number of thioether (sulfide) groups is 1. The van der Waals surface area contributed by atoms with Crippen LogP contribution in [0.2, 0.25) is 5.02 Å². The van der Waals surface area contributed by atoms with Gasteiger partial charge in [0.2, 0.25) is 15.9 Å². The van der Waals surface area contributed by atoms with Crippen molar-refractivity contribution < 1.29 is 13.2 Å². The molecule has 0 aliphatic carbocycles. The summed E-state index contributed by atoms with van der Waals surface area (Å²) in [5, 5.41) is 3.81. The second-order valence-electron chi connectivity index (χ2n) is 7.71. The third-order valence-electron chi connectivity index (χ3n) is 5.33. The fraction of sp³-hybridized carbons (Fsp3) is 0.435. The largest absolute Gasteiger partial charge is 0.353 e. The third kappa shape index (κ3) is 6.97. The van der Waals surface area contributed by atoms with Crippen LogP contribution in [0.25, 0.3) is 0 Å². The first-order chi connectivity index (χ1) is 14.9. The highest BCUT2D eigenvalue weighted by molar-refractivity contribution is 8.00. The average molecular weight is 481 g/mol. The maximum atomic E-state index is 12.6. The van der Waals surface area contributed by atoms with Gasteiger partial charge in [-0.15, -0.1) is 11.8 Å². The minimum atomic E-state index is -3.16. The van der Waals surface area contributed by atoms with Crippen molar-refractivity contribution in [2.45, 2.75) is 37.5 Å². The van der Waals surface area contributed by atoms with E-state index in [1.54, 1.807) is 16.1 Å². The van der Waals surface area contributed by atoms with Crippen LogP contribution in [-0.4, -0.2) is 49.3 Å². The molecular weight excluding hydrogens is 452 g/mol. The molecule has 1 aliphatic rings. The van der Waals surface area contributed by atoms with Gasteiger partial charge >= 0.3 is 0 Å². The molecule has 168 valence electrons. The Kier molecular flexibility index (Phi) is 8.84. The average Bonchev–Trinajstić information content (AvgIpc) is 2.76. The van der Waals surface area contributed by atoms with Gasteiger partial charge in [0, 0.05) is 24.2 Å². The van der Waals surface area contributed by atoms with Crippen LogP contribution in [-0.2, 0) is 14.8 Å². The molecule has 0 spiro atoms. The molecule has 3 rings (SSSR count). The lowest BCUT2D eigenvalue weighted by atomic mass is 10.0. The van der Waals surface area contributed by atoms with E-state index in [1.807, 2.05) is 49.4 Å². The van der Waals surface area contributed by atoms with Crippen LogP contribution in [0, 0.1) is 0 Å². The summed E-state index contributed by atoms with van der Waals surface area (Å²) in [6.07, 6.45) is 1.92. The van der Waals surface area contributed by atoms with Gasteiger partial charge in [-0.3, -0.25) is 4.79 Å². The standard InChI is InChI=1S/C23H29ClN2O3S2/c1-2-16-31(28,29)26-14-12-21(13-15-26)25-22(27)17-30-23(18-6-4-3-5-7-18)19-8-10-20(24)11-9-19/h3-11,21,23H,2,12-17H2,1H3,(H,25,27). The summed E-state index contributed by atoms with van der Waals surface area (Å²) in [7, 11) is -3.16. The monoisotopic (exact) mass is 480 g/mol. The molecule has 31 heavy (non-hydrogen) atoms. The Bertz CT molecular complexity index is 945. The minimum Gasteiger partial charge on any atom is -0.353 e. The van der Waals surface area contributed by atoms with E-state index < -0.39 is 10.0 Å². The fourth-order valence-corrected chi connectivity index (χ4v) is 6.51. The SMILES string of the molecule is CCCS(=O)(=O)N1CCC(NC(=O)CSC(c2ccccc2)c2ccc(Cl)cc2)CC1. The molecule has 1 aliphatic heterocycles. The normalized spacial score (nSPS) is 16.7. The van der Waals surface area contributed by atoms with Crippen molar-refractivity contribution in [1.82, 2.24) is 9.62 Å². The lowest BCUT2D eigenvalue weighted by molar-refractivity contribution is -0.119. The Morgan fingerprint density at radius 1 is 1.10 bits per heavy atom. The smallest absolute Gasteiger partial charge is 0.230 e. The van der Waals surface area contributed by atoms with Gasteiger partial charge in [-0.1, -0.05) is 61.0 Å². The van der Waals surface area contributed by atoms with Gasteiger partial charge < -0.3 is 5.32 Å². The number of amides is 1. The zero-order valence-electron chi connectivity index (χ0n) is 17.7. The van der Waals surface area contributed by atoms with Crippen molar-refractivity contribution in [3.05, 3.63) is 70.7 Å². The van der Waals surface area contributed by atoms with Crippen LogP contribution < -0.4 is 5.32 Å². The Morgan fingerprint density at radius 3 is 2.32 bits per heavy atom. The number of nitrogens with zero attached hydrogens (tertiary/aromatic N) is 1. The van der Waals surface area contributed by atoms with Crippen LogP contribution in [0.15, 0.2) is 54.6 Å². The predicted molar refractivity (Wildman–Crippen MR) is 129 cm³/mol. The van der Waals surface area contributed by atoms with E-state index in [0.717, 1.165) is 11.1 Å². The number of halogens is 1. The summed E-state index contributed by atoms with van der Waals surface area (Å²) < 4.78 is 26.0. The second-order valence-corrected chi connectivity index (χ2v) is 11.3. The van der Waals surface area contributed by atoms with E-state index >= 15 is 0 Å². The number of sulfonamides is 1. The van der Waals surface area contributed by atoms with Gasteiger partial charge in [0.1, 0.15) is 0 Å². The number of rotatable bonds is 9. The molecule has 1 heterocycles. The number of piperidine rings is 1. The van der Waals surface area contributed by atoms with E-state index in [1.165, 1.54) is 0 Å². The molecule has 1 atom stereocenters. The van der Waals surface area contributed by atoms with Gasteiger partial charge in [-0.25, -0.2) is 12.7 Å². The fourth-order valence-electron chi connectivity index (χ4n) is 3.74. The van der Waals surface area contributed by atoms with Crippen molar-refractivity contribution in [2.24, 2.45) is 0 Å². The van der Waals surface area contributed by atoms with Crippen molar-refractivity contribution >= 4 is 39.3 Å². The maximum absolute atomic E-state index is 12.6. The molecule has 1 N–H and O–H groups in total. The van der Waals surface area contributed by atoms with Crippen LogP contribution in [0.5, 0.6) is 0 Å². The molecular formula is C23H29ClN2O3S2. The van der Waals surface area contributed by atoms with E-state index in [2.05, 4.69) is 17.4 Å². The first-order valence-electron chi connectivity index (χ1n) is 10.6. The van der Waals surface area contributed by atoms with Crippen LogP contribution in [0.4, 0.5) is 0 Å². The number of carbonyl (C=O) groups excluding carboxylic acids is 1. The molecule has 1 saturated heterocycles. The van der Waals surface area contributed by atoms with E-state index in [-0.39, 0.29) is 23.0 Å². The quantitative estimate of drug-likeness (QED) is 0.574. The number of benzene rings is 2. The molecule has 0 saturated carbocycles. The first-order valence-corrected chi connectivity index (χ1v) is 13.6. The minimum absolute atomic E-state index is 0.0187.